The first-order chi connectivity index (χ1) is 9.31. The van der Waals surface area contributed by atoms with E-state index in [0.29, 0.717) is 5.92 Å². The molecule has 0 radical (unpaired) electrons. The molecule has 19 heavy (non-hydrogen) atoms. The molecule has 0 heterocycles. The lowest BCUT2D eigenvalue weighted by Gasteiger charge is -2.18. The minimum atomic E-state index is 0.225. The highest BCUT2D eigenvalue weighted by atomic mass is 15.1. The van der Waals surface area contributed by atoms with Crippen molar-refractivity contribution in [3.8, 4) is 0 Å². The average molecular weight is 256 g/mol. The van der Waals surface area contributed by atoms with Crippen LogP contribution in [-0.4, -0.2) is 6.04 Å². The predicted molar refractivity (Wildman–Crippen MR) is 82.8 cm³/mol. The van der Waals surface area contributed by atoms with Gasteiger partial charge in [-0.1, -0.05) is 37.3 Å². The van der Waals surface area contributed by atoms with Crippen molar-refractivity contribution in [1.29, 1.82) is 0 Å². The maximum atomic E-state index is 4.49. The maximum Gasteiger partial charge on any atom is 0.0852 e. The number of azo groups is 1. The first-order valence-corrected chi connectivity index (χ1v) is 7.01. The van der Waals surface area contributed by atoms with Gasteiger partial charge in [-0.3, -0.25) is 0 Å². The van der Waals surface area contributed by atoms with Crippen molar-refractivity contribution in [3.05, 3.63) is 55.6 Å². The molecule has 0 aliphatic heterocycles. The van der Waals surface area contributed by atoms with Gasteiger partial charge in [-0.2, -0.15) is 10.2 Å². The summed E-state index contributed by atoms with van der Waals surface area (Å²) in [4.78, 5) is 0. The summed E-state index contributed by atoms with van der Waals surface area (Å²) < 4.78 is 0. The second-order valence-corrected chi connectivity index (χ2v) is 4.65. The molecule has 1 aromatic rings. The van der Waals surface area contributed by atoms with E-state index < -0.39 is 0 Å². The summed E-state index contributed by atoms with van der Waals surface area (Å²) in [5, 5.41) is 8.82. The quantitative estimate of drug-likeness (QED) is 0.307. The zero-order valence-corrected chi connectivity index (χ0v) is 11.8. The van der Waals surface area contributed by atoms with E-state index in [-0.39, 0.29) is 6.04 Å². The van der Waals surface area contributed by atoms with Crippen LogP contribution >= 0.6 is 0 Å². The molecule has 0 saturated heterocycles. The number of hydrogen-bond acceptors (Lipinski definition) is 2. The molecule has 1 rings (SSSR count). The summed E-state index contributed by atoms with van der Waals surface area (Å²) >= 11 is 0. The number of hydrogen-bond donors (Lipinski definition) is 0. The molecule has 0 aliphatic rings. The summed E-state index contributed by atoms with van der Waals surface area (Å²) in [7, 11) is 0. The molecule has 102 valence electrons. The summed E-state index contributed by atoms with van der Waals surface area (Å²) in [5.74, 6) is 0.400. The van der Waals surface area contributed by atoms with Crippen LogP contribution in [0.3, 0.4) is 0 Å². The van der Waals surface area contributed by atoms with Crippen LogP contribution < -0.4 is 0 Å². The van der Waals surface area contributed by atoms with Gasteiger partial charge >= 0.3 is 0 Å². The molecular formula is C17H24N2. The van der Waals surface area contributed by atoms with E-state index in [1.807, 2.05) is 42.5 Å². The van der Waals surface area contributed by atoms with Gasteiger partial charge in [0.2, 0.25) is 0 Å². The van der Waals surface area contributed by atoms with Gasteiger partial charge in [0.15, 0.2) is 0 Å². The molecule has 0 N–H and O–H groups in total. The molecule has 0 aromatic heterocycles. The first kappa shape index (κ1) is 15.4. The number of nitrogens with zero attached hydrogens (tertiary/aromatic N) is 2. The summed E-state index contributed by atoms with van der Waals surface area (Å²) in [5.41, 5.74) is 0.912. The van der Waals surface area contributed by atoms with Crippen molar-refractivity contribution in [2.24, 2.45) is 16.1 Å². The average Bonchev–Trinajstić information content (AvgIpc) is 2.47. The third kappa shape index (κ3) is 5.64. The lowest BCUT2D eigenvalue weighted by atomic mass is 9.93. The van der Waals surface area contributed by atoms with Crippen LogP contribution in [0.1, 0.15) is 32.6 Å². The minimum absolute atomic E-state index is 0.225. The Kier molecular flexibility index (Phi) is 7.48. The fraction of sp³-hybridized carbons (Fsp3) is 0.412. The highest BCUT2D eigenvalue weighted by Gasteiger charge is 2.15. The van der Waals surface area contributed by atoms with Crippen LogP contribution in [0.5, 0.6) is 0 Å². The van der Waals surface area contributed by atoms with Crippen LogP contribution in [-0.2, 0) is 0 Å². The number of benzene rings is 1. The third-order valence-electron chi connectivity index (χ3n) is 3.24. The van der Waals surface area contributed by atoms with Crippen LogP contribution in [0.15, 0.2) is 65.9 Å². The van der Waals surface area contributed by atoms with Gasteiger partial charge in [0, 0.05) is 5.92 Å². The highest BCUT2D eigenvalue weighted by molar-refractivity contribution is 5.34. The van der Waals surface area contributed by atoms with E-state index in [4.69, 9.17) is 0 Å². The van der Waals surface area contributed by atoms with Crippen LogP contribution in [0.4, 0.5) is 5.69 Å². The van der Waals surface area contributed by atoms with Gasteiger partial charge < -0.3 is 0 Å². The number of rotatable bonds is 9. The Balaban J connectivity index is 2.61. The molecule has 2 atom stereocenters. The second-order valence-electron chi connectivity index (χ2n) is 4.65. The third-order valence-corrected chi connectivity index (χ3v) is 3.24. The van der Waals surface area contributed by atoms with Crippen LogP contribution in [0, 0.1) is 5.92 Å². The van der Waals surface area contributed by atoms with Crippen molar-refractivity contribution < 1.29 is 0 Å². The van der Waals surface area contributed by atoms with Crippen molar-refractivity contribution in [1.82, 2.24) is 0 Å². The van der Waals surface area contributed by atoms with E-state index in [1.165, 1.54) is 0 Å². The van der Waals surface area contributed by atoms with Crippen molar-refractivity contribution in [2.45, 2.75) is 38.6 Å². The monoisotopic (exact) mass is 256 g/mol. The molecule has 1 aromatic carbocycles. The minimum Gasteiger partial charge on any atom is -0.185 e. The predicted octanol–water partition coefficient (Wildman–Crippen LogP) is 5.71. The maximum absolute atomic E-state index is 4.49. The molecule has 2 unspecified atom stereocenters. The Hall–Kier alpha value is -1.70. The van der Waals surface area contributed by atoms with Gasteiger partial charge in [-0.15, -0.1) is 13.2 Å². The Morgan fingerprint density at radius 2 is 1.95 bits per heavy atom. The SMILES string of the molecule is C=CCCCC(C=C)C(CC)N=Nc1ccccc1. The molecule has 2 heteroatoms. The first-order valence-electron chi connectivity index (χ1n) is 7.01. The van der Waals surface area contributed by atoms with Crippen molar-refractivity contribution >= 4 is 5.69 Å². The smallest absolute Gasteiger partial charge is 0.0852 e. The lowest BCUT2D eigenvalue weighted by Crippen LogP contribution is -2.15. The van der Waals surface area contributed by atoms with Crippen molar-refractivity contribution in [2.75, 3.05) is 0 Å². The van der Waals surface area contributed by atoms with Gasteiger partial charge in [-0.25, -0.2) is 0 Å². The standard InChI is InChI=1S/C17H24N2/c1-4-7-9-12-15(5-2)17(6-3)19-18-16-13-10-8-11-14-16/h4-5,8,10-11,13-15,17H,1-2,6-7,9,12H2,3H3. The fourth-order valence-electron chi connectivity index (χ4n) is 2.07. The van der Waals surface area contributed by atoms with Crippen LogP contribution in [0.2, 0.25) is 0 Å². The Morgan fingerprint density at radius 1 is 1.21 bits per heavy atom. The van der Waals surface area contributed by atoms with Gasteiger partial charge in [0.05, 0.1) is 11.7 Å². The molecular weight excluding hydrogens is 232 g/mol. The summed E-state index contributed by atoms with van der Waals surface area (Å²) in [6.45, 7) is 9.84. The van der Waals surface area contributed by atoms with Gasteiger partial charge in [0.1, 0.15) is 0 Å². The van der Waals surface area contributed by atoms with Crippen molar-refractivity contribution in [3.63, 3.8) is 0 Å². The fourth-order valence-corrected chi connectivity index (χ4v) is 2.07. The molecule has 0 aliphatic carbocycles. The van der Waals surface area contributed by atoms with E-state index in [1.54, 1.807) is 0 Å². The summed E-state index contributed by atoms with van der Waals surface area (Å²) in [6, 6.07) is 10.1. The second kappa shape index (κ2) is 9.26. The zero-order valence-electron chi connectivity index (χ0n) is 11.8. The van der Waals surface area contributed by atoms with Gasteiger partial charge in [0.25, 0.3) is 0 Å². The molecule has 0 bridgehead atoms. The number of allylic oxidation sites excluding steroid dienone is 1. The molecule has 0 saturated carbocycles. The number of unbranched alkanes of at least 4 members (excludes halogenated alkanes) is 1. The van der Waals surface area contributed by atoms with E-state index in [9.17, 15) is 0 Å². The van der Waals surface area contributed by atoms with E-state index >= 15 is 0 Å². The summed E-state index contributed by atoms with van der Waals surface area (Å²) in [6.07, 6.45) is 8.25. The molecule has 0 spiro atoms. The lowest BCUT2D eigenvalue weighted by molar-refractivity contribution is 0.438. The van der Waals surface area contributed by atoms with E-state index in [2.05, 4.69) is 30.3 Å². The Labute approximate surface area is 117 Å². The molecule has 2 nitrogen and oxygen atoms in total. The Bertz CT molecular complexity index is 395. The topological polar surface area (TPSA) is 24.7 Å². The highest BCUT2D eigenvalue weighted by Crippen LogP contribution is 2.22. The normalized spacial score (nSPS) is 14.2. The zero-order chi connectivity index (χ0) is 13.9. The molecule has 0 fully saturated rings. The van der Waals surface area contributed by atoms with Crippen LogP contribution in [0.25, 0.3) is 0 Å². The van der Waals surface area contributed by atoms with E-state index in [0.717, 1.165) is 31.4 Å². The Morgan fingerprint density at radius 3 is 2.53 bits per heavy atom. The van der Waals surface area contributed by atoms with Gasteiger partial charge in [-0.05, 0) is 37.8 Å². The largest absolute Gasteiger partial charge is 0.185 e. The molecule has 0 amide bonds.